The molecule has 3 fully saturated rings. The largest absolute Gasteiger partial charge is 0.493 e. The highest BCUT2D eigenvalue weighted by atomic mass is 19.1. The lowest BCUT2D eigenvalue weighted by molar-refractivity contribution is -0.141. The molecule has 12 heteroatoms. The Kier molecular flexibility index (Phi) is 9.16. The van der Waals surface area contributed by atoms with Gasteiger partial charge in [0.25, 0.3) is 5.91 Å². The maximum absolute atomic E-state index is 14.4. The number of carboxylic acid groups (broad SMARTS) is 1. The van der Waals surface area contributed by atoms with E-state index < -0.39 is 23.6 Å². The molecule has 2 amide bonds. The van der Waals surface area contributed by atoms with E-state index in [0.717, 1.165) is 70.5 Å². The first kappa shape index (κ1) is 34.8. The molecule has 2 aliphatic heterocycles. The third-order valence-electron chi connectivity index (χ3n) is 11.3. The molecule has 1 N–H and O–H groups in total. The van der Waals surface area contributed by atoms with Gasteiger partial charge in [-0.05, 0) is 74.8 Å². The molecule has 2 atom stereocenters. The standard InChI is InChI=1S/C41H45FN6O5/c1-4-30-9-10-31(24(2)44-30)32-17-28(39(49)46-14-12-45(13-15-46)38-36(53-3)19-29(42)21-43-38)16-27-18-35(48(37(27)32)22-25-7-8-25)26-6-5-11-47(23-26)40(50)33-20-34(33)41(51)52/h6,9-10,16-19,21,25,33-34H,4-5,7-8,11-15,20,22-23H2,1-3H3,(H,51,52)/t33-,34+/m0/s1. The van der Waals surface area contributed by atoms with Crippen LogP contribution in [0, 0.1) is 30.5 Å². The molecule has 3 aromatic heterocycles. The average Bonchev–Trinajstić information content (AvgIpc) is 4.11. The van der Waals surface area contributed by atoms with Crippen LogP contribution < -0.4 is 9.64 Å². The second-order valence-corrected chi connectivity index (χ2v) is 14.9. The molecule has 2 saturated carbocycles. The molecule has 4 aliphatic rings. The summed E-state index contributed by atoms with van der Waals surface area (Å²) in [6, 6.07) is 11.7. The van der Waals surface area contributed by atoms with Crippen LogP contribution in [0.3, 0.4) is 0 Å². The van der Waals surface area contributed by atoms with Crippen molar-refractivity contribution in [3.63, 3.8) is 0 Å². The number of nitrogens with zero attached hydrogens (tertiary/aromatic N) is 6. The fourth-order valence-electron chi connectivity index (χ4n) is 8.05. The molecule has 1 aromatic carbocycles. The van der Waals surface area contributed by atoms with Crippen LogP contribution in [0.1, 0.15) is 60.0 Å². The monoisotopic (exact) mass is 720 g/mol. The summed E-state index contributed by atoms with van der Waals surface area (Å²) in [5, 5.41) is 10.4. The first-order valence-electron chi connectivity index (χ1n) is 18.7. The predicted octanol–water partition coefficient (Wildman–Crippen LogP) is 5.83. The number of benzene rings is 1. The van der Waals surface area contributed by atoms with E-state index in [1.165, 1.54) is 19.4 Å². The highest BCUT2D eigenvalue weighted by Crippen LogP contribution is 2.43. The van der Waals surface area contributed by atoms with Gasteiger partial charge in [-0.3, -0.25) is 19.4 Å². The predicted molar refractivity (Wildman–Crippen MR) is 199 cm³/mol. The summed E-state index contributed by atoms with van der Waals surface area (Å²) in [7, 11) is 1.49. The molecule has 276 valence electrons. The maximum Gasteiger partial charge on any atom is 0.307 e. The van der Waals surface area contributed by atoms with Crippen LogP contribution in [-0.4, -0.2) is 93.6 Å². The molecule has 53 heavy (non-hydrogen) atoms. The van der Waals surface area contributed by atoms with Crippen molar-refractivity contribution in [1.29, 1.82) is 0 Å². The van der Waals surface area contributed by atoms with Gasteiger partial charge in [0.15, 0.2) is 11.6 Å². The Hall–Kier alpha value is -5.26. The maximum atomic E-state index is 14.4. The number of rotatable bonds is 10. The minimum Gasteiger partial charge on any atom is -0.493 e. The summed E-state index contributed by atoms with van der Waals surface area (Å²) in [5.41, 5.74) is 7.56. The molecule has 0 bridgehead atoms. The minimum atomic E-state index is -0.901. The number of carbonyl (C=O) groups is 3. The molecule has 1 saturated heterocycles. The van der Waals surface area contributed by atoms with Gasteiger partial charge in [0.05, 0.1) is 30.7 Å². The van der Waals surface area contributed by atoms with E-state index in [1.54, 1.807) is 0 Å². The van der Waals surface area contributed by atoms with Crippen molar-refractivity contribution in [2.75, 3.05) is 51.3 Å². The second-order valence-electron chi connectivity index (χ2n) is 14.9. The van der Waals surface area contributed by atoms with Crippen molar-refractivity contribution < 1.29 is 28.6 Å². The number of aromatic nitrogens is 3. The van der Waals surface area contributed by atoms with Crippen LogP contribution in [-0.2, 0) is 22.6 Å². The summed E-state index contributed by atoms with van der Waals surface area (Å²) in [6.45, 7) is 7.92. The summed E-state index contributed by atoms with van der Waals surface area (Å²) in [5.74, 6) is -1.06. The van der Waals surface area contributed by atoms with Crippen molar-refractivity contribution >= 4 is 40.1 Å². The van der Waals surface area contributed by atoms with E-state index in [0.29, 0.717) is 75.2 Å². The number of piperazine rings is 1. The molecule has 2 aliphatic carbocycles. The second kappa shape index (κ2) is 13.9. The van der Waals surface area contributed by atoms with Crippen molar-refractivity contribution in [3.8, 4) is 16.9 Å². The van der Waals surface area contributed by atoms with Crippen molar-refractivity contribution in [1.82, 2.24) is 24.3 Å². The van der Waals surface area contributed by atoms with Crippen LogP contribution in [0.4, 0.5) is 10.2 Å². The SMILES string of the molecule is CCc1ccc(-c2cc(C(=O)N3CCN(c4ncc(F)cc4OC)CC3)cc3cc(C4=CCCN(C(=O)[C@H]5C[C@H]5C(=O)O)C4)n(CC4CC4)c23)c(C)n1. The van der Waals surface area contributed by atoms with E-state index in [-0.39, 0.29) is 11.8 Å². The zero-order valence-corrected chi connectivity index (χ0v) is 30.5. The Morgan fingerprint density at radius 1 is 0.981 bits per heavy atom. The van der Waals surface area contributed by atoms with Crippen molar-refractivity contribution in [2.45, 2.75) is 52.5 Å². The number of pyridine rings is 2. The first-order valence-corrected chi connectivity index (χ1v) is 18.7. The Bertz CT molecular complexity index is 2150. The van der Waals surface area contributed by atoms with Gasteiger partial charge in [0, 0.05) is 91.0 Å². The lowest BCUT2D eigenvalue weighted by Crippen LogP contribution is -2.49. The number of carboxylic acids is 1. The molecule has 0 radical (unpaired) electrons. The lowest BCUT2D eigenvalue weighted by Gasteiger charge is -2.36. The van der Waals surface area contributed by atoms with Gasteiger partial charge in [0.2, 0.25) is 5.91 Å². The van der Waals surface area contributed by atoms with Gasteiger partial charge in [-0.1, -0.05) is 19.1 Å². The summed E-state index contributed by atoms with van der Waals surface area (Å²) in [4.78, 5) is 54.2. The summed E-state index contributed by atoms with van der Waals surface area (Å²) < 4.78 is 21.6. The number of ether oxygens (including phenoxy) is 1. The molecular weight excluding hydrogens is 675 g/mol. The van der Waals surface area contributed by atoms with E-state index in [9.17, 15) is 23.9 Å². The highest BCUT2D eigenvalue weighted by Gasteiger charge is 2.50. The highest BCUT2D eigenvalue weighted by molar-refractivity contribution is 6.05. The first-order chi connectivity index (χ1) is 25.6. The van der Waals surface area contributed by atoms with Crippen LogP contribution in [0.5, 0.6) is 5.75 Å². The summed E-state index contributed by atoms with van der Waals surface area (Å²) in [6.07, 6.45) is 7.62. The number of methoxy groups -OCH3 is 1. The zero-order chi connectivity index (χ0) is 37.0. The molecule has 5 heterocycles. The quantitative estimate of drug-likeness (QED) is 0.218. The third-order valence-corrected chi connectivity index (χ3v) is 11.3. The van der Waals surface area contributed by atoms with Gasteiger partial charge in [-0.2, -0.15) is 0 Å². The number of anilines is 1. The van der Waals surface area contributed by atoms with Crippen molar-refractivity contribution in [3.05, 3.63) is 77.1 Å². The molecule has 0 unspecified atom stereocenters. The molecule has 0 spiro atoms. The Morgan fingerprint density at radius 3 is 2.45 bits per heavy atom. The van der Waals surface area contributed by atoms with Gasteiger partial charge >= 0.3 is 5.97 Å². The molecule has 4 aromatic rings. The van der Waals surface area contributed by atoms with E-state index in [1.807, 2.05) is 33.8 Å². The van der Waals surface area contributed by atoms with Gasteiger partial charge in [0.1, 0.15) is 5.82 Å². The molecule has 11 nitrogen and oxygen atoms in total. The fourth-order valence-corrected chi connectivity index (χ4v) is 8.05. The number of aliphatic carboxylic acids is 1. The smallest absolute Gasteiger partial charge is 0.307 e. The lowest BCUT2D eigenvalue weighted by atomic mass is 9.97. The van der Waals surface area contributed by atoms with E-state index >= 15 is 0 Å². The van der Waals surface area contributed by atoms with E-state index in [4.69, 9.17) is 9.72 Å². The number of aryl methyl sites for hydroxylation is 2. The Labute approximate surface area is 308 Å². The minimum absolute atomic E-state index is 0.0646. The number of hydrogen-bond acceptors (Lipinski definition) is 7. The average molecular weight is 721 g/mol. The van der Waals surface area contributed by atoms with Crippen LogP contribution >= 0.6 is 0 Å². The number of halogens is 1. The fraction of sp³-hybridized carbons (Fsp3) is 0.439. The Morgan fingerprint density at radius 2 is 1.77 bits per heavy atom. The van der Waals surface area contributed by atoms with Crippen LogP contribution in [0.15, 0.2) is 48.7 Å². The van der Waals surface area contributed by atoms with Gasteiger partial charge in [-0.15, -0.1) is 0 Å². The van der Waals surface area contributed by atoms with E-state index in [2.05, 4.69) is 40.7 Å². The van der Waals surface area contributed by atoms with Gasteiger partial charge < -0.3 is 29.1 Å². The topological polar surface area (TPSA) is 121 Å². The summed E-state index contributed by atoms with van der Waals surface area (Å²) >= 11 is 0. The number of carbonyl (C=O) groups excluding carboxylic acids is 2. The number of amides is 2. The Balaban J connectivity index is 1.16. The normalized spacial score (nSPS) is 20.1. The van der Waals surface area contributed by atoms with Crippen LogP contribution in [0.2, 0.25) is 0 Å². The number of fused-ring (bicyclic) bond motifs is 1. The van der Waals surface area contributed by atoms with Crippen LogP contribution in [0.25, 0.3) is 27.6 Å². The molecule has 8 rings (SSSR count). The number of hydrogen-bond donors (Lipinski definition) is 1. The van der Waals surface area contributed by atoms with Crippen molar-refractivity contribution in [2.24, 2.45) is 17.8 Å². The van der Waals surface area contributed by atoms with Gasteiger partial charge in [-0.25, -0.2) is 9.37 Å². The molecular formula is C41H45FN6O5. The third kappa shape index (κ3) is 6.75. The zero-order valence-electron chi connectivity index (χ0n) is 30.5.